The number of nitrogens with zero attached hydrogens (tertiary/aromatic N) is 3. The molecule has 0 bridgehead atoms. The summed E-state index contributed by atoms with van der Waals surface area (Å²) in [5.41, 5.74) is 2.87. The van der Waals surface area contributed by atoms with E-state index in [1.54, 1.807) is 28.9 Å². The molecule has 164 valence electrons. The van der Waals surface area contributed by atoms with Crippen LogP contribution in [0.25, 0.3) is 11.3 Å². The smallest absolute Gasteiger partial charge is 0.412 e. The van der Waals surface area contributed by atoms with Gasteiger partial charge in [-0.15, -0.1) is 5.10 Å². The highest BCUT2D eigenvalue weighted by molar-refractivity contribution is 5.95. The quantitative estimate of drug-likeness (QED) is 0.615. The minimum atomic E-state index is -0.603. The van der Waals surface area contributed by atoms with Gasteiger partial charge in [-0.25, -0.2) is 9.48 Å². The van der Waals surface area contributed by atoms with Crippen LogP contribution in [-0.2, 0) is 14.2 Å². The van der Waals surface area contributed by atoms with Gasteiger partial charge >= 0.3 is 6.09 Å². The fourth-order valence-electron chi connectivity index (χ4n) is 4.02. The first-order valence-corrected chi connectivity index (χ1v) is 10.4. The lowest BCUT2D eigenvalue weighted by Gasteiger charge is -2.17. The molecule has 2 fully saturated rings. The fraction of sp³-hybridized carbons (Fsp3) is 0.304. The number of hydrogen-bond acceptors (Lipinski definition) is 7. The predicted octanol–water partition coefficient (Wildman–Crippen LogP) is 3.10. The number of nitrogens with one attached hydrogen (secondary N) is 1. The van der Waals surface area contributed by atoms with Crippen LogP contribution in [0.5, 0.6) is 0 Å². The molecule has 9 heteroatoms. The first-order chi connectivity index (χ1) is 15.6. The predicted molar refractivity (Wildman–Crippen MR) is 114 cm³/mol. The standard InChI is InChI=1S/C23H22N4O5/c1-14(28)15-7-9-17(10-8-15)24-23(29)32-20-13-31-21-19(12-30-22(20)21)27-11-18(25-26-27)16-5-3-2-4-6-16/h2-11,19-22H,12-13H2,1H3,(H,24,29)/t19-,20+,21+,22+/m0/s1. The zero-order valence-electron chi connectivity index (χ0n) is 17.4. The minimum absolute atomic E-state index is 0.0375. The number of ether oxygens (including phenoxy) is 3. The third kappa shape index (κ3) is 4.00. The van der Waals surface area contributed by atoms with E-state index in [-0.39, 0.29) is 30.6 Å². The second-order valence-electron chi connectivity index (χ2n) is 7.82. The largest absolute Gasteiger partial charge is 0.441 e. The molecule has 5 rings (SSSR count). The third-order valence-electron chi connectivity index (χ3n) is 5.70. The SMILES string of the molecule is CC(=O)c1ccc(NC(=O)O[C@@H]2CO[C@H]3[C@@H]2OC[C@@H]3n2cc(-c3ccccc3)nn2)cc1. The van der Waals surface area contributed by atoms with Crippen LogP contribution in [0.2, 0.25) is 0 Å². The molecule has 1 N–H and O–H groups in total. The molecule has 0 unspecified atom stereocenters. The highest BCUT2D eigenvalue weighted by Crippen LogP contribution is 2.35. The van der Waals surface area contributed by atoms with E-state index in [0.717, 1.165) is 11.3 Å². The van der Waals surface area contributed by atoms with Gasteiger partial charge in [-0.1, -0.05) is 35.5 Å². The lowest BCUT2D eigenvalue weighted by Crippen LogP contribution is -2.34. The Labute approximate surface area is 184 Å². The number of carbonyl (C=O) groups is 2. The molecule has 9 nitrogen and oxygen atoms in total. The van der Waals surface area contributed by atoms with Gasteiger partial charge in [0.1, 0.15) is 23.9 Å². The van der Waals surface area contributed by atoms with Crippen LogP contribution in [0.3, 0.4) is 0 Å². The van der Waals surface area contributed by atoms with Crippen molar-refractivity contribution in [1.29, 1.82) is 0 Å². The first kappa shape index (κ1) is 20.3. The maximum Gasteiger partial charge on any atom is 0.412 e. The maximum atomic E-state index is 12.3. The first-order valence-electron chi connectivity index (χ1n) is 10.4. The summed E-state index contributed by atoms with van der Waals surface area (Å²) < 4.78 is 19.1. The number of aromatic nitrogens is 3. The van der Waals surface area contributed by atoms with E-state index in [9.17, 15) is 9.59 Å². The van der Waals surface area contributed by atoms with Gasteiger partial charge in [0.15, 0.2) is 11.9 Å². The van der Waals surface area contributed by atoms with E-state index in [0.29, 0.717) is 17.9 Å². The number of fused-ring (bicyclic) bond motifs is 1. The molecule has 0 radical (unpaired) electrons. The second kappa shape index (κ2) is 8.52. The fourth-order valence-corrected chi connectivity index (χ4v) is 4.02. The number of ketones is 1. The van der Waals surface area contributed by atoms with Crippen molar-refractivity contribution in [2.75, 3.05) is 18.5 Å². The molecule has 0 aliphatic carbocycles. The number of Topliss-reactive ketones (excluding diaryl/α,β-unsaturated/α-hetero) is 1. The van der Waals surface area contributed by atoms with Crippen molar-refractivity contribution < 1.29 is 23.8 Å². The zero-order chi connectivity index (χ0) is 22.1. The summed E-state index contributed by atoms with van der Waals surface area (Å²) in [5.74, 6) is -0.0375. The molecule has 2 saturated heterocycles. The van der Waals surface area contributed by atoms with Crippen molar-refractivity contribution in [2.24, 2.45) is 0 Å². The molecular weight excluding hydrogens is 412 g/mol. The number of benzene rings is 2. The summed E-state index contributed by atoms with van der Waals surface area (Å²) in [6, 6.07) is 16.3. The number of carbonyl (C=O) groups excluding carboxylic acids is 2. The second-order valence-corrected chi connectivity index (χ2v) is 7.82. The Balaban J connectivity index is 1.20. The topological polar surface area (TPSA) is 105 Å². The number of amides is 1. The van der Waals surface area contributed by atoms with Crippen molar-refractivity contribution in [3.63, 3.8) is 0 Å². The van der Waals surface area contributed by atoms with E-state index in [4.69, 9.17) is 14.2 Å². The highest BCUT2D eigenvalue weighted by Gasteiger charge is 2.50. The molecule has 4 atom stereocenters. The number of hydrogen-bond donors (Lipinski definition) is 1. The number of rotatable bonds is 5. The van der Waals surface area contributed by atoms with Gasteiger partial charge in [-0.3, -0.25) is 10.1 Å². The Morgan fingerprint density at radius 3 is 2.53 bits per heavy atom. The van der Waals surface area contributed by atoms with Gasteiger partial charge in [-0.05, 0) is 31.2 Å². The van der Waals surface area contributed by atoms with E-state index < -0.39 is 12.2 Å². The van der Waals surface area contributed by atoms with Gasteiger partial charge in [0.2, 0.25) is 0 Å². The van der Waals surface area contributed by atoms with Crippen molar-refractivity contribution in [3.05, 3.63) is 66.4 Å². The molecule has 3 aromatic rings. The van der Waals surface area contributed by atoms with E-state index in [2.05, 4.69) is 15.6 Å². The van der Waals surface area contributed by atoms with Crippen LogP contribution in [0.1, 0.15) is 23.3 Å². The van der Waals surface area contributed by atoms with Crippen LogP contribution in [-0.4, -0.2) is 58.4 Å². The molecule has 2 aromatic carbocycles. The van der Waals surface area contributed by atoms with Crippen LogP contribution < -0.4 is 5.32 Å². The summed E-state index contributed by atoms with van der Waals surface area (Å²) in [7, 11) is 0. The molecule has 32 heavy (non-hydrogen) atoms. The summed E-state index contributed by atoms with van der Waals surface area (Å²) >= 11 is 0. The molecular formula is C23H22N4O5. The summed E-state index contributed by atoms with van der Waals surface area (Å²) in [4.78, 5) is 23.7. The Kier molecular flexibility index (Phi) is 5.42. The molecule has 0 saturated carbocycles. The van der Waals surface area contributed by atoms with Crippen LogP contribution >= 0.6 is 0 Å². The van der Waals surface area contributed by atoms with Crippen molar-refractivity contribution in [3.8, 4) is 11.3 Å². The third-order valence-corrected chi connectivity index (χ3v) is 5.70. The summed E-state index contributed by atoms with van der Waals surface area (Å²) in [6.45, 7) is 2.12. The molecule has 2 aliphatic heterocycles. The van der Waals surface area contributed by atoms with E-state index >= 15 is 0 Å². The Hall–Kier alpha value is -3.56. The van der Waals surface area contributed by atoms with Crippen LogP contribution in [0.15, 0.2) is 60.8 Å². The minimum Gasteiger partial charge on any atom is -0.441 e. The van der Waals surface area contributed by atoms with E-state index in [1.165, 1.54) is 6.92 Å². The summed E-state index contributed by atoms with van der Waals surface area (Å²) in [5, 5.41) is 11.2. The molecule has 2 aliphatic rings. The Morgan fingerprint density at radius 2 is 1.78 bits per heavy atom. The molecule has 3 heterocycles. The lowest BCUT2D eigenvalue weighted by atomic mass is 10.1. The molecule has 1 amide bonds. The summed E-state index contributed by atoms with van der Waals surface area (Å²) in [6.07, 6.45) is 0.0801. The van der Waals surface area contributed by atoms with Gasteiger partial charge in [0.25, 0.3) is 0 Å². The van der Waals surface area contributed by atoms with Crippen molar-refractivity contribution in [2.45, 2.75) is 31.3 Å². The lowest BCUT2D eigenvalue weighted by molar-refractivity contribution is 0.00770. The van der Waals surface area contributed by atoms with Gasteiger partial charge in [-0.2, -0.15) is 0 Å². The zero-order valence-corrected chi connectivity index (χ0v) is 17.4. The normalized spacial score (nSPS) is 24.2. The Bertz CT molecular complexity index is 1110. The van der Waals surface area contributed by atoms with Crippen molar-refractivity contribution in [1.82, 2.24) is 15.0 Å². The maximum absolute atomic E-state index is 12.3. The molecule has 0 spiro atoms. The van der Waals surface area contributed by atoms with Crippen LogP contribution in [0, 0.1) is 0 Å². The number of anilines is 1. The highest BCUT2D eigenvalue weighted by atomic mass is 16.6. The average molecular weight is 434 g/mol. The molecule has 1 aromatic heterocycles. The van der Waals surface area contributed by atoms with E-state index in [1.807, 2.05) is 36.5 Å². The van der Waals surface area contributed by atoms with Gasteiger partial charge in [0, 0.05) is 16.8 Å². The van der Waals surface area contributed by atoms with Gasteiger partial charge in [0.05, 0.1) is 19.4 Å². The Morgan fingerprint density at radius 1 is 1.03 bits per heavy atom. The average Bonchev–Trinajstić information content (AvgIpc) is 3.52. The monoisotopic (exact) mass is 434 g/mol. The van der Waals surface area contributed by atoms with Crippen LogP contribution in [0.4, 0.5) is 10.5 Å². The van der Waals surface area contributed by atoms with Gasteiger partial charge < -0.3 is 14.2 Å². The van der Waals surface area contributed by atoms with Crippen molar-refractivity contribution >= 4 is 17.6 Å².